The summed E-state index contributed by atoms with van der Waals surface area (Å²) in [4.78, 5) is 48.6. The Balaban J connectivity index is 2.85. The molecule has 0 saturated carbocycles. The zero-order valence-corrected chi connectivity index (χ0v) is 17.1. The van der Waals surface area contributed by atoms with Gasteiger partial charge in [0.25, 0.3) is 0 Å². The van der Waals surface area contributed by atoms with Gasteiger partial charge in [0.1, 0.15) is 12.1 Å². The maximum absolute atomic E-state index is 12.7. The number of aliphatic hydroxyl groups excluding tert-OH is 2. The third-order valence-corrected chi connectivity index (χ3v) is 4.73. The molecule has 0 aromatic heterocycles. The van der Waals surface area contributed by atoms with Crippen molar-refractivity contribution >= 4 is 23.7 Å². The van der Waals surface area contributed by atoms with E-state index < -0.39 is 48.1 Å². The van der Waals surface area contributed by atoms with Crippen LogP contribution in [0.1, 0.15) is 40.5 Å². The van der Waals surface area contributed by atoms with Gasteiger partial charge in [-0.25, -0.2) is 4.79 Å². The lowest BCUT2D eigenvalue weighted by Crippen LogP contribution is -2.61. The topological polar surface area (TPSA) is 177 Å². The normalized spacial score (nSPS) is 21.6. The predicted molar refractivity (Wildman–Crippen MR) is 103 cm³/mol. The van der Waals surface area contributed by atoms with Crippen LogP contribution in [-0.2, 0) is 19.2 Å². The van der Waals surface area contributed by atoms with Gasteiger partial charge in [-0.1, -0.05) is 13.8 Å². The standard InChI is InChI=1S/C18H32N4O7/c1-8(2)12(20-15(25)11-6-5-7-19-11)16(26)21-13(9(3)23)17(27)22-14(10(4)24)18(28)29/h8-14,19,23-24H,5-7H2,1-4H3,(H,20,25)(H,21,26)(H,22,27)(H,28,29). The number of amides is 3. The molecule has 11 nitrogen and oxygen atoms in total. The van der Waals surface area contributed by atoms with E-state index in [-0.39, 0.29) is 17.9 Å². The largest absolute Gasteiger partial charge is 0.480 e. The molecule has 0 radical (unpaired) electrons. The molecule has 0 bridgehead atoms. The Hall–Kier alpha value is -2.24. The number of nitrogens with one attached hydrogen (secondary N) is 4. The highest BCUT2D eigenvalue weighted by Crippen LogP contribution is 2.09. The Morgan fingerprint density at radius 1 is 0.862 bits per heavy atom. The molecule has 0 aromatic carbocycles. The molecule has 1 heterocycles. The number of aliphatic carboxylic acids is 1. The molecular weight excluding hydrogens is 384 g/mol. The van der Waals surface area contributed by atoms with Gasteiger partial charge in [0.15, 0.2) is 6.04 Å². The molecule has 29 heavy (non-hydrogen) atoms. The zero-order valence-electron chi connectivity index (χ0n) is 17.1. The number of carboxylic acids is 1. The molecule has 1 fully saturated rings. The lowest BCUT2D eigenvalue weighted by Gasteiger charge is -2.28. The van der Waals surface area contributed by atoms with Gasteiger partial charge in [0.2, 0.25) is 17.7 Å². The van der Waals surface area contributed by atoms with Crippen LogP contribution in [0.5, 0.6) is 0 Å². The second kappa shape index (κ2) is 11.1. The number of hydrogen-bond acceptors (Lipinski definition) is 7. The Kier molecular flexibility index (Phi) is 9.47. The van der Waals surface area contributed by atoms with Crippen molar-refractivity contribution in [1.82, 2.24) is 21.3 Å². The average molecular weight is 416 g/mol. The summed E-state index contributed by atoms with van der Waals surface area (Å²) in [6, 6.07) is -4.41. The third kappa shape index (κ3) is 7.26. The Bertz CT molecular complexity index is 603. The summed E-state index contributed by atoms with van der Waals surface area (Å²) < 4.78 is 0. The summed E-state index contributed by atoms with van der Waals surface area (Å²) in [6.45, 7) is 6.61. The quantitative estimate of drug-likeness (QED) is 0.208. The van der Waals surface area contributed by atoms with E-state index in [1.54, 1.807) is 13.8 Å². The molecule has 6 unspecified atom stereocenters. The number of carbonyl (C=O) groups excluding carboxylic acids is 3. The van der Waals surface area contributed by atoms with Crippen LogP contribution in [0.25, 0.3) is 0 Å². The lowest BCUT2D eigenvalue weighted by atomic mass is 10.0. The van der Waals surface area contributed by atoms with Crippen LogP contribution < -0.4 is 21.3 Å². The number of carbonyl (C=O) groups is 4. The van der Waals surface area contributed by atoms with E-state index in [4.69, 9.17) is 5.11 Å². The fourth-order valence-corrected chi connectivity index (χ4v) is 2.98. The van der Waals surface area contributed by atoms with Crippen LogP contribution >= 0.6 is 0 Å². The molecule has 166 valence electrons. The van der Waals surface area contributed by atoms with E-state index in [1.807, 2.05) is 0 Å². The summed E-state index contributed by atoms with van der Waals surface area (Å²) in [5, 5.41) is 38.6. The van der Waals surface area contributed by atoms with Gasteiger partial charge in [0, 0.05) is 0 Å². The minimum absolute atomic E-state index is 0.303. The van der Waals surface area contributed by atoms with Crippen LogP contribution in [0.4, 0.5) is 0 Å². The van der Waals surface area contributed by atoms with Gasteiger partial charge in [-0.05, 0) is 39.2 Å². The minimum atomic E-state index is -1.60. The average Bonchev–Trinajstić information content (AvgIpc) is 3.15. The summed E-state index contributed by atoms with van der Waals surface area (Å²) in [7, 11) is 0. The molecule has 6 atom stereocenters. The van der Waals surface area contributed by atoms with Crippen LogP contribution in [0.15, 0.2) is 0 Å². The number of rotatable bonds is 10. The maximum Gasteiger partial charge on any atom is 0.328 e. The predicted octanol–water partition coefficient (Wildman–Crippen LogP) is -2.30. The molecule has 1 rings (SSSR count). The van der Waals surface area contributed by atoms with Crippen LogP contribution in [0, 0.1) is 5.92 Å². The summed E-state index contributed by atoms with van der Waals surface area (Å²) >= 11 is 0. The first-order valence-electron chi connectivity index (χ1n) is 9.69. The zero-order chi connectivity index (χ0) is 22.3. The van der Waals surface area contributed by atoms with Crippen LogP contribution in [-0.4, -0.2) is 81.9 Å². The smallest absolute Gasteiger partial charge is 0.328 e. The Morgan fingerprint density at radius 3 is 1.79 bits per heavy atom. The monoisotopic (exact) mass is 416 g/mol. The van der Waals surface area contributed by atoms with Gasteiger partial charge in [-0.3, -0.25) is 14.4 Å². The van der Waals surface area contributed by atoms with Crippen molar-refractivity contribution in [3.63, 3.8) is 0 Å². The van der Waals surface area contributed by atoms with Gasteiger partial charge < -0.3 is 36.6 Å². The molecular formula is C18H32N4O7. The van der Waals surface area contributed by atoms with Crippen LogP contribution in [0.3, 0.4) is 0 Å². The van der Waals surface area contributed by atoms with E-state index in [1.165, 1.54) is 13.8 Å². The SMILES string of the molecule is CC(C)C(NC(=O)C1CCCN1)C(=O)NC(C(=O)NC(C(=O)O)C(C)O)C(C)O. The first-order chi connectivity index (χ1) is 13.5. The van der Waals surface area contributed by atoms with Crippen molar-refractivity contribution in [2.24, 2.45) is 5.92 Å². The highest BCUT2D eigenvalue weighted by atomic mass is 16.4. The molecule has 1 saturated heterocycles. The van der Waals surface area contributed by atoms with Gasteiger partial charge in [-0.15, -0.1) is 0 Å². The summed E-state index contributed by atoms with van der Waals surface area (Å²) in [6.07, 6.45) is -1.22. The third-order valence-electron chi connectivity index (χ3n) is 4.73. The summed E-state index contributed by atoms with van der Waals surface area (Å²) in [5.41, 5.74) is 0. The molecule has 7 N–H and O–H groups in total. The lowest BCUT2D eigenvalue weighted by molar-refractivity contribution is -0.146. The first-order valence-corrected chi connectivity index (χ1v) is 9.69. The van der Waals surface area contributed by atoms with E-state index in [2.05, 4.69) is 21.3 Å². The highest BCUT2D eigenvalue weighted by Gasteiger charge is 2.35. The molecule has 11 heteroatoms. The van der Waals surface area contributed by atoms with Crippen LogP contribution in [0.2, 0.25) is 0 Å². The Labute approximate surface area is 169 Å². The van der Waals surface area contributed by atoms with Gasteiger partial charge in [-0.2, -0.15) is 0 Å². The minimum Gasteiger partial charge on any atom is -0.480 e. The van der Waals surface area contributed by atoms with Crippen molar-refractivity contribution in [3.8, 4) is 0 Å². The van der Waals surface area contributed by atoms with E-state index in [9.17, 15) is 29.4 Å². The summed E-state index contributed by atoms with van der Waals surface area (Å²) in [5.74, 6) is -3.73. The second-order valence-electron chi connectivity index (χ2n) is 7.67. The Morgan fingerprint density at radius 2 is 1.38 bits per heavy atom. The van der Waals surface area contributed by atoms with Gasteiger partial charge >= 0.3 is 5.97 Å². The van der Waals surface area contributed by atoms with Crippen molar-refractivity contribution in [3.05, 3.63) is 0 Å². The van der Waals surface area contributed by atoms with E-state index >= 15 is 0 Å². The van der Waals surface area contributed by atoms with Crippen molar-refractivity contribution in [2.45, 2.75) is 76.9 Å². The highest BCUT2D eigenvalue weighted by molar-refractivity contribution is 5.94. The molecule has 1 aliphatic rings. The molecule has 0 spiro atoms. The van der Waals surface area contributed by atoms with E-state index in [0.29, 0.717) is 6.42 Å². The molecule has 0 aromatic rings. The second-order valence-corrected chi connectivity index (χ2v) is 7.67. The van der Waals surface area contributed by atoms with Crippen molar-refractivity contribution in [2.75, 3.05) is 6.54 Å². The molecule has 1 aliphatic heterocycles. The number of carboxylic acid groups (broad SMARTS) is 1. The first kappa shape index (κ1) is 24.8. The van der Waals surface area contributed by atoms with Crippen molar-refractivity contribution < 1.29 is 34.5 Å². The fraction of sp³-hybridized carbons (Fsp3) is 0.778. The molecule has 3 amide bonds. The van der Waals surface area contributed by atoms with Crippen molar-refractivity contribution in [1.29, 1.82) is 0 Å². The molecule has 0 aliphatic carbocycles. The number of aliphatic hydroxyl groups is 2. The maximum atomic E-state index is 12.7. The van der Waals surface area contributed by atoms with E-state index in [0.717, 1.165) is 13.0 Å². The van der Waals surface area contributed by atoms with Gasteiger partial charge in [0.05, 0.1) is 18.2 Å². The number of hydrogen-bond donors (Lipinski definition) is 7. The fourth-order valence-electron chi connectivity index (χ4n) is 2.98.